The molecule has 2 N–H and O–H groups in total. The molecule has 3 rings (SSSR count). The molecule has 1 aliphatic rings. The Balaban J connectivity index is 1.90. The van der Waals surface area contributed by atoms with E-state index in [2.05, 4.69) is 15.3 Å². The third-order valence-electron chi connectivity index (χ3n) is 3.16. The molecule has 0 atom stereocenters. The van der Waals surface area contributed by atoms with Gasteiger partial charge in [0.1, 0.15) is 5.69 Å². The molecule has 1 fully saturated rings. The zero-order chi connectivity index (χ0) is 13.2. The average molecular weight is 258 g/mol. The van der Waals surface area contributed by atoms with Crippen LogP contribution < -0.4 is 10.9 Å². The van der Waals surface area contributed by atoms with Crippen LogP contribution in [0.3, 0.4) is 0 Å². The zero-order valence-corrected chi connectivity index (χ0v) is 10.3. The predicted molar refractivity (Wildman–Crippen MR) is 70.7 cm³/mol. The highest BCUT2D eigenvalue weighted by atomic mass is 16.2. The minimum Gasteiger partial charge on any atom is -0.354 e. The highest BCUT2D eigenvalue weighted by molar-refractivity contribution is 5.78. The summed E-state index contributed by atoms with van der Waals surface area (Å²) in [5.74, 6) is -0.0107. The first kappa shape index (κ1) is 11.9. The van der Waals surface area contributed by atoms with Gasteiger partial charge >= 0.3 is 0 Å². The summed E-state index contributed by atoms with van der Waals surface area (Å²) in [4.78, 5) is 32.4. The molecule has 1 amide bonds. The Morgan fingerprint density at radius 2 is 2.11 bits per heavy atom. The van der Waals surface area contributed by atoms with Crippen LogP contribution in [0.15, 0.2) is 29.1 Å². The van der Waals surface area contributed by atoms with E-state index in [0.717, 1.165) is 17.6 Å². The lowest BCUT2D eigenvalue weighted by Gasteiger charge is -2.25. The number of hydrogen-bond acceptors (Lipinski definition) is 4. The van der Waals surface area contributed by atoms with Crippen LogP contribution >= 0.6 is 0 Å². The van der Waals surface area contributed by atoms with Crippen molar-refractivity contribution in [2.24, 2.45) is 0 Å². The van der Waals surface area contributed by atoms with Gasteiger partial charge in [0, 0.05) is 19.6 Å². The van der Waals surface area contributed by atoms with Crippen molar-refractivity contribution in [2.75, 3.05) is 19.6 Å². The highest BCUT2D eigenvalue weighted by Crippen LogP contribution is 2.07. The van der Waals surface area contributed by atoms with Crippen molar-refractivity contribution in [3.63, 3.8) is 0 Å². The number of carbonyl (C=O) groups is 1. The maximum absolute atomic E-state index is 11.9. The summed E-state index contributed by atoms with van der Waals surface area (Å²) in [5, 5.41) is 2.76. The van der Waals surface area contributed by atoms with Crippen LogP contribution in [0.2, 0.25) is 0 Å². The van der Waals surface area contributed by atoms with E-state index in [4.69, 9.17) is 0 Å². The van der Waals surface area contributed by atoms with Crippen molar-refractivity contribution < 1.29 is 4.79 Å². The number of rotatable bonds is 2. The number of para-hydroxylation sites is 2. The van der Waals surface area contributed by atoms with Crippen LogP contribution in [0, 0.1) is 0 Å². The summed E-state index contributed by atoms with van der Waals surface area (Å²) < 4.78 is 0. The van der Waals surface area contributed by atoms with E-state index < -0.39 is 0 Å². The van der Waals surface area contributed by atoms with Crippen LogP contribution in [0.5, 0.6) is 0 Å². The lowest BCUT2D eigenvalue weighted by Crippen LogP contribution is -2.47. The predicted octanol–water partition coefficient (Wildman–Crippen LogP) is -0.145. The molecule has 6 heteroatoms. The van der Waals surface area contributed by atoms with Crippen molar-refractivity contribution in [3.05, 3.63) is 40.3 Å². The number of piperazine rings is 1. The highest BCUT2D eigenvalue weighted by Gasteiger charge is 2.18. The summed E-state index contributed by atoms with van der Waals surface area (Å²) in [6.07, 6.45) is 0. The number of carbonyl (C=O) groups excluding carboxylic acids is 1. The lowest BCUT2D eigenvalue weighted by molar-refractivity contribution is -0.124. The van der Waals surface area contributed by atoms with Crippen molar-refractivity contribution >= 4 is 16.9 Å². The molecule has 0 unspecified atom stereocenters. The van der Waals surface area contributed by atoms with Crippen LogP contribution in [0.25, 0.3) is 11.0 Å². The summed E-state index contributed by atoms with van der Waals surface area (Å²) in [5.41, 5.74) is 1.75. The molecule has 2 heterocycles. The number of hydrogen-bond donors (Lipinski definition) is 2. The minimum absolute atomic E-state index is 0.0107. The molecule has 0 spiro atoms. The van der Waals surface area contributed by atoms with E-state index in [1.807, 2.05) is 29.2 Å². The third kappa shape index (κ3) is 2.48. The van der Waals surface area contributed by atoms with Gasteiger partial charge in [-0.05, 0) is 12.1 Å². The second-order valence-corrected chi connectivity index (χ2v) is 4.59. The molecule has 6 nitrogen and oxygen atoms in total. The van der Waals surface area contributed by atoms with Gasteiger partial charge in [0.15, 0.2) is 0 Å². The molecular weight excluding hydrogens is 244 g/mol. The van der Waals surface area contributed by atoms with Crippen molar-refractivity contribution in [1.82, 2.24) is 20.2 Å². The van der Waals surface area contributed by atoms with Crippen LogP contribution in [0.4, 0.5) is 0 Å². The number of aromatic nitrogens is 2. The second kappa shape index (κ2) is 4.81. The Kier molecular flexibility index (Phi) is 3.00. The Bertz CT molecular complexity index is 680. The molecule has 0 saturated carbocycles. The fourth-order valence-corrected chi connectivity index (χ4v) is 2.21. The summed E-state index contributed by atoms with van der Waals surface area (Å²) in [7, 11) is 0. The summed E-state index contributed by atoms with van der Waals surface area (Å²) in [6.45, 7) is 2.06. The van der Waals surface area contributed by atoms with E-state index in [9.17, 15) is 9.59 Å². The van der Waals surface area contributed by atoms with Gasteiger partial charge in [-0.1, -0.05) is 12.1 Å². The van der Waals surface area contributed by atoms with E-state index in [-0.39, 0.29) is 11.5 Å². The van der Waals surface area contributed by atoms with Gasteiger partial charge < -0.3 is 10.3 Å². The molecular formula is C13H14N4O2. The monoisotopic (exact) mass is 258 g/mol. The Morgan fingerprint density at radius 3 is 2.95 bits per heavy atom. The number of H-pyrrole nitrogens is 1. The fourth-order valence-electron chi connectivity index (χ4n) is 2.21. The molecule has 98 valence electrons. The van der Waals surface area contributed by atoms with Gasteiger partial charge in [0.2, 0.25) is 5.91 Å². The topological polar surface area (TPSA) is 78.1 Å². The maximum atomic E-state index is 11.9. The quantitative estimate of drug-likeness (QED) is 0.785. The summed E-state index contributed by atoms with van der Waals surface area (Å²) >= 11 is 0. The molecule has 1 aliphatic heterocycles. The van der Waals surface area contributed by atoms with E-state index in [1.54, 1.807) is 0 Å². The maximum Gasteiger partial charge on any atom is 0.271 e. The van der Waals surface area contributed by atoms with Crippen molar-refractivity contribution in [3.8, 4) is 0 Å². The van der Waals surface area contributed by atoms with Crippen molar-refractivity contribution in [1.29, 1.82) is 0 Å². The van der Waals surface area contributed by atoms with E-state index in [0.29, 0.717) is 25.3 Å². The molecule has 1 aromatic heterocycles. The Hall–Kier alpha value is -2.21. The standard InChI is InChI=1S/C13H14N4O2/c18-12-8-17(6-5-14-12)7-11-13(19)16-10-4-2-1-3-9(10)15-11/h1-4H,5-8H2,(H,14,18)(H,16,19). The van der Waals surface area contributed by atoms with Gasteiger partial charge in [-0.2, -0.15) is 0 Å². The van der Waals surface area contributed by atoms with E-state index >= 15 is 0 Å². The molecule has 1 aromatic carbocycles. The first-order chi connectivity index (χ1) is 9.22. The number of aromatic amines is 1. The number of nitrogens with one attached hydrogen (secondary N) is 2. The number of amides is 1. The molecule has 0 aliphatic carbocycles. The smallest absolute Gasteiger partial charge is 0.271 e. The van der Waals surface area contributed by atoms with Crippen LogP contribution in [-0.2, 0) is 11.3 Å². The zero-order valence-electron chi connectivity index (χ0n) is 10.3. The molecule has 1 saturated heterocycles. The van der Waals surface area contributed by atoms with E-state index in [1.165, 1.54) is 0 Å². The second-order valence-electron chi connectivity index (χ2n) is 4.59. The average Bonchev–Trinajstić information content (AvgIpc) is 2.40. The molecule has 19 heavy (non-hydrogen) atoms. The minimum atomic E-state index is -0.190. The van der Waals surface area contributed by atoms with Crippen LogP contribution in [-0.4, -0.2) is 40.4 Å². The normalized spacial score (nSPS) is 16.5. The van der Waals surface area contributed by atoms with Gasteiger partial charge in [-0.15, -0.1) is 0 Å². The lowest BCUT2D eigenvalue weighted by atomic mass is 10.2. The fraction of sp³-hybridized carbons (Fsp3) is 0.308. The molecule has 0 radical (unpaired) electrons. The Morgan fingerprint density at radius 1 is 1.26 bits per heavy atom. The van der Waals surface area contributed by atoms with Gasteiger partial charge in [0.05, 0.1) is 17.6 Å². The Labute approximate surface area is 109 Å². The number of nitrogens with zero attached hydrogens (tertiary/aromatic N) is 2. The van der Waals surface area contributed by atoms with Crippen LogP contribution in [0.1, 0.15) is 5.69 Å². The largest absolute Gasteiger partial charge is 0.354 e. The first-order valence-electron chi connectivity index (χ1n) is 6.19. The third-order valence-corrected chi connectivity index (χ3v) is 3.16. The summed E-state index contributed by atoms with van der Waals surface area (Å²) in [6, 6.07) is 7.42. The SMILES string of the molecule is O=C1CN(Cc2nc3ccccc3[nH]c2=O)CCN1. The van der Waals surface area contributed by atoms with Crippen molar-refractivity contribution in [2.45, 2.75) is 6.54 Å². The molecule has 0 bridgehead atoms. The van der Waals surface area contributed by atoms with Gasteiger partial charge in [-0.25, -0.2) is 4.98 Å². The van der Waals surface area contributed by atoms with Gasteiger partial charge in [-0.3, -0.25) is 14.5 Å². The van der Waals surface area contributed by atoms with Gasteiger partial charge in [0.25, 0.3) is 5.56 Å². The number of fused-ring (bicyclic) bond motifs is 1. The first-order valence-corrected chi connectivity index (χ1v) is 6.19. The number of benzene rings is 1. The molecule has 2 aromatic rings.